The smallest absolute Gasteiger partial charge is 0.101 e. The number of nitriles is 1. The molecule has 0 saturated carbocycles. The van der Waals surface area contributed by atoms with Gasteiger partial charge in [0.25, 0.3) is 0 Å². The maximum atomic E-state index is 9.04. The number of likely N-dealkylation sites (N-methyl/N-ethyl adjacent to an activating group) is 1. The van der Waals surface area contributed by atoms with Crippen molar-refractivity contribution in [3.05, 3.63) is 29.3 Å². The molecule has 0 radical (unpaired) electrons. The summed E-state index contributed by atoms with van der Waals surface area (Å²) in [5, 5.41) is 12.4. The lowest BCUT2D eigenvalue weighted by molar-refractivity contribution is 0.284. The first-order chi connectivity index (χ1) is 8.04. The average molecular weight is 231 g/mol. The lowest BCUT2D eigenvalue weighted by atomic mass is 10.1. The second-order valence-electron chi connectivity index (χ2n) is 4.66. The first-order valence-corrected chi connectivity index (χ1v) is 5.99. The van der Waals surface area contributed by atoms with Gasteiger partial charge in [-0.25, -0.2) is 0 Å². The van der Waals surface area contributed by atoms with E-state index in [0.717, 1.165) is 29.9 Å². The van der Waals surface area contributed by atoms with Crippen LogP contribution in [0.3, 0.4) is 0 Å². The normalized spacial score (nSPS) is 10.6. The van der Waals surface area contributed by atoms with Crippen LogP contribution in [0.5, 0.6) is 0 Å². The third-order valence-corrected chi connectivity index (χ3v) is 2.96. The molecule has 3 nitrogen and oxygen atoms in total. The topological polar surface area (TPSA) is 39.1 Å². The molecule has 0 unspecified atom stereocenters. The van der Waals surface area contributed by atoms with Crippen molar-refractivity contribution in [2.75, 3.05) is 25.5 Å². The zero-order valence-corrected chi connectivity index (χ0v) is 11.1. The van der Waals surface area contributed by atoms with E-state index in [0.29, 0.717) is 6.04 Å². The van der Waals surface area contributed by atoms with Gasteiger partial charge in [0.15, 0.2) is 0 Å². The van der Waals surface area contributed by atoms with Crippen molar-refractivity contribution >= 4 is 5.69 Å². The van der Waals surface area contributed by atoms with Crippen molar-refractivity contribution in [2.24, 2.45) is 0 Å². The molecule has 17 heavy (non-hydrogen) atoms. The number of nitrogens with one attached hydrogen (secondary N) is 1. The van der Waals surface area contributed by atoms with Crippen LogP contribution >= 0.6 is 0 Å². The van der Waals surface area contributed by atoms with Gasteiger partial charge in [0, 0.05) is 19.1 Å². The highest BCUT2D eigenvalue weighted by molar-refractivity contribution is 5.58. The number of hydrogen-bond donors (Lipinski definition) is 1. The van der Waals surface area contributed by atoms with Gasteiger partial charge in [-0.05, 0) is 45.5 Å². The Bertz CT molecular complexity index is 404. The van der Waals surface area contributed by atoms with Gasteiger partial charge in [0.05, 0.1) is 11.3 Å². The summed E-state index contributed by atoms with van der Waals surface area (Å²) in [6.07, 6.45) is 0. The van der Waals surface area contributed by atoms with Crippen LogP contribution in [0.25, 0.3) is 0 Å². The maximum absolute atomic E-state index is 9.04. The molecule has 0 fully saturated rings. The molecule has 1 N–H and O–H groups in total. The molecular weight excluding hydrogens is 210 g/mol. The number of anilines is 1. The summed E-state index contributed by atoms with van der Waals surface area (Å²) in [4.78, 5) is 2.27. The predicted molar refractivity (Wildman–Crippen MR) is 72.1 cm³/mol. The van der Waals surface area contributed by atoms with E-state index in [9.17, 15) is 0 Å². The molecule has 0 aromatic heterocycles. The summed E-state index contributed by atoms with van der Waals surface area (Å²) >= 11 is 0. The Morgan fingerprint density at radius 1 is 1.41 bits per heavy atom. The molecule has 0 bridgehead atoms. The zero-order valence-electron chi connectivity index (χ0n) is 11.1. The molecule has 0 aliphatic rings. The molecule has 0 aliphatic carbocycles. The van der Waals surface area contributed by atoms with Crippen LogP contribution in [0.4, 0.5) is 5.69 Å². The van der Waals surface area contributed by atoms with Crippen LogP contribution in [0.15, 0.2) is 18.2 Å². The van der Waals surface area contributed by atoms with Crippen molar-refractivity contribution in [3.8, 4) is 6.07 Å². The molecule has 0 amide bonds. The molecule has 1 aromatic rings. The van der Waals surface area contributed by atoms with Gasteiger partial charge >= 0.3 is 0 Å². The summed E-state index contributed by atoms with van der Waals surface area (Å²) in [5.41, 5.74) is 2.76. The third-order valence-electron chi connectivity index (χ3n) is 2.96. The minimum Gasteiger partial charge on any atom is -0.383 e. The molecule has 0 heterocycles. The highest BCUT2D eigenvalue weighted by Crippen LogP contribution is 2.15. The summed E-state index contributed by atoms with van der Waals surface area (Å²) in [6, 6.07) is 8.68. The third kappa shape index (κ3) is 4.08. The second-order valence-corrected chi connectivity index (χ2v) is 4.66. The molecule has 92 valence electrons. The number of benzene rings is 1. The fraction of sp³-hybridized carbons (Fsp3) is 0.500. The molecular formula is C14H21N3. The van der Waals surface area contributed by atoms with Crippen LogP contribution in [0, 0.1) is 18.3 Å². The number of hydrogen-bond acceptors (Lipinski definition) is 3. The molecule has 3 heteroatoms. The van der Waals surface area contributed by atoms with Crippen LogP contribution in [0.2, 0.25) is 0 Å². The van der Waals surface area contributed by atoms with E-state index in [1.54, 1.807) is 0 Å². The number of aryl methyl sites for hydroxylation is 1. The number of rotatable bonds is 5. The van der Waals surface area contributed by atoms with Crippen molar-refractivity contribution in [1.82, 2.24) is 4.90 Å². The van der Waals surface area contributed by atoms with Gasteiger partial charge in [-0.2, -0.15) is 5.26 Å². The summed E-state index contributed by atoms with van der Waals surface area (Å²) in [6.45, 7) is 8.17. The Morgan fingerprint density at radius 2 is 2.12 bits per heavy atom. The van der Waals surface area contributed by atoms with E-state index < -0.39 is 0 Å². The summed E-state index contributed by atoms with van der Waals surface area (Å²) in [5.74, 6) is 0. The van der Waals surface area contributed by atoms with E-state index in [-0.39, 0.29) is 0 Å². The van der Waals surface area contributed by atoms with Gasteiger partial charge in [-0.3, -0.25) is 0 Å². The van der Waals surface area contributed by atoms with Crippen LogP contribution in [-0.2, 0) is 0 Å². The predicted octanol–water partition coefficient (Wildman–Crippen LogP) is 2.62. The first-order valence-electron chi connectivity index (χ1n) is 5.99. The van der Waals surface area contributed by atoms with Crippen LogP contribution in [0.1, 0.15) is 25.0 Å². The van der Waals surface area contributed by atoms with Gasteiger partial charge in [-0.15, -0.1) is 0 Å². The van der Waals surface area contributed by atoms with Crippen LogP contribution < -0.4 is 5.32 Å². The minimum atomic E-state index is 0.547. The number of nitrogens with zero attached hydrogens (tertiary/aromatic N) is 2. The lowest BCUT2D eigenvalue weighted by Crippen LogP contribution is -2.31. The first kappa shape index (κ1) is 13.5. The van der Waals surface area contributed by atoms with E-state index in [1.807, 2.05) is 25.1 Å². The van der Waals surface area contributed by atoms with Crippen LogP contribution in [-0.4, -0.2) is 31.1 Å². The molecule has 1 rings (SSSR count). The van der Waals surface area contributed by atoms with Crippen molar-refractivity contribution < 1.29 is 0 Å². The quantitative estimate of drug-likeness (QED) is 0.846. The molecule has 0 atom stereocenters. The average Bonchev–Trinajstić information content (AvgIpc) is 2.30. The summed E-state index contributed by atoms with van der Waals surface area (Å²) < 4.78 is 0. The molecule has 0 aliphatic heterocycles. The standard InChI is InChI=1S/C14H21N3/c1-11(2)17(4)8-7-16-14-6-5-12(3)9-13(14)10-15/h5-6,9,11,16H,7-8H2,1-4H3. The SMILES string of the molecule is Cc1ccc(NCCN(C)C(C)C)c(C#N)c1. The maximum Gasteiger partial charge on any atom is 0.101 e. The fourth-order valence-corrected chi connectivity index (χ4v) is 1.53. The lowest BCUT2D eigenvalue weighted by Gasteiger charge is -2.21. The fourth-order valence-electron chi connectivity index (χ4n) is 1.53. The Hall–Kier alpha value is -1.53. The highest BCUT2D eigenvalue weighted by atomic mass is 15.1. The van der Waals surface area contributed by atoms with Crippen molar-refractivity contribution in [2.45, 2.75) is 26.8 Å². The Morgan fingerprint density at radius 3 is 2.71 bits per heavy atom. The largest absolute Gasteiger partial charge is 0.383 e. The van der Waals surface area contributed by atoms with Crippen molar-refractivity contribution in [3.63, 3.8) is 0 Å². The van der Waals surface area contributed by atoms with Gasteiger partial charge in [-0.1, -0.05) is 6.07 Å². The zero-order chi connectivity index (χ0) is 12.8. The highest BCUT2D eigenvalue weighted by Gasteiger charge is 2.04. The van der Waals surface area contributed by atoms with Gasteiger partial charge in [0.2, 0.25) is 0 Å². The van der Waals surface area contributed by atoms with E-state index in [2.05, 4.69) is 37.2 Å². The van der Waals surface area contributed by atoms with E-state index >= 15 is 0 Å². The van der Waals surface area contributed by atoms with E-state index in [4.69, 9.17) is 5.26 Å². The Kier molecular flexibility index (Phi) is 4.99. The summed E-state index contributed by atoms with van der Waals surface area (Å²) in [7, 11) is 2.10. The molecule has 0 spiro atoms. The Balaban J connectivity index is 2.55. The molecule has 1 aromatic carbocycles. The molecule has 0 saturated heterocycles. The van der Waals surface area contributed by atoms with E-state index in [1.165, 1.54) is 0 Å². The van der Waals surface area contributed by atoms with Crippen molar-refractivity contribution in [1.29, 1.82) is 5.26 Å². The monoisotopic (exact) mass is 231 g/mol. The van der Waals surface area contributed by atoms with Gasteiger partial charge in [0.1, 0.15) is 6.07 Å². The minimum absolute atomic E-state index is 0.547. The Labute approximate surface area is 104 Å². The second kappa shape index (κ2) is 6.27. The van der Waals surface area contributed by atoms with Gasteiger partial charge < -0.3 is 10.2 Å².